The van der Waals surface area contributed by atoms with E-state index in [2.05, 4.69) is 17.4 Å². The molecule has 0 radical (unpaired) electrons. The number of nitrogens with two attached hydrogens (primary N) is 1. The van der Waals surface area contributed by atoms with E-state index in [1.165, 1.54) is 12.8 Å². The highest BCUT2D eigenvalue weighted by Gasteiger charge is 2.24. The quantitative estimate of drug-likeness (QED) is 0.236. The second-order valence-electron chi connectivity index (χ2n) is 3.25. The fourth-order valence-electron chi connectivity index (χ4n) is 1.35. The minimum Gasteiger partial charge on any atom is -0.409 e. The van der Waals surface area contributed by atoms with Crippen LogP contribution in [0.25, 0.3) is 0 Å². The van der Waals surface area contributed by atoms with Crippen molar-refractivity contribution in [1.29, 1.82) is 0 Å². The molecule has 0 aromatic carbocycles. The number of hydrogen-bond donors (Lipinski definition) is 3. The Kier molecular flexibility index (Phi) is 2.70. The second kappa shape index (κ2) is 3.57. The molecule has 4 heteroatoms. The van der Waals surface area contributed by atoms with Gasteiger partial charge in [-0.05, 0) is 18.8 Å². The van der Waals surface area contributed by atoms with Crippen LogP contribution < -0.4 is 11.1 Å². The molecule has 0 amide bonds. The summed E-state index contributed by atoms with van der Waals surface area (Å²) in [5, 5.41) is 14.3. The molecular formula is C7H15N3O. The highest BCUT2D eigenvalue weighted by Crippen LogP contribution is 2.25. The lowest BCUT2D eigenvalue weighted by Crippen LogP contribution is -2.43. The summed E-state index contributed by atoms with van der Waals surface area (Å²) in [7, 11) is 0. The lowest BCUT2D eigenvalue weighted by Gasteiger charge is -2.33. The van der Waals surface area contributed by atoms with Crippen LogP contribution in [0.15, 0.2) is 5.16 Å². The van der Waals surface area contributed by atoms with Crippen LogP contribution in [0.2, 0.25) is 0 Å². The third-order valence-corrected chi connectivity index (χ3v) is 2.07. The SMILES string of the molecule is CC1CC(NCC(N)=NO)C1. The van der Waals surface area contributed by atoms with Crippen LogP contribution >= 0.6 is 0 Å². The minimum atomic E-state index is 0.254. The summed E-state index contributed by atoms with van der Waals surface area (Å²) in [4.78, 5) is 0. The molecule has 0 saturated heterocycles. The third-order valence-electron chi connectivity index (χ3n) is 2.07. The maximum absolute atomic E-state index is 8.21. The molecule has 0 bridgehead atoms. The molecule has 0 spiro atoms. The number of amidine groups is 1. The summed E-state index contributed by atoms with van der Waals surface area (Å²) in [5.41, 5.74) is 5.27. The van der Waals surface area contributed by atoms with E-state index in [0.29, 0.717) is 12.6 Å². The monoisotopic (exact) mass is 157 g/mol. The van der Waals surface area contributed by atoms with E-state index >= 15 is 0 Å². The van der Waals surface area contributed by atoms with Crippen molar-refractivity contribution in [3.8, 4) is 0 Å². The highest BCUT2D eigenvalue weighted by molar-refractivity contribution is 5.81. The molecule has 1 rings (SSSR count). The van der Waals surface area contributed by atoms with Gasteiger partial charge in [-0.1, -0.05) is 12.1 Å². The van der Waals surface area contributed by atoms with E-state index in [1.807, 2.05) is 0 Å². The Hall–Kier alpha value is -0.770. The van der Waals surface area contributed by atoms with Crippen molar-refractivity contribution < 1.29 is 5.21 Å². The first kappa shape index (κ1) is 8.33. The van der Waals surface area contributed by atoms with Gasteiger partial charge in [0.1, 0.15) is 0 Å². The van der Waals surface area contributed by atoms with Crippen molar-refractivity contribution >= 4 is 5.84 Å². The highest BCUT2D eigenvalue weighted by atomic mass is 16.4. The fourth-order valence-corrected chi connectivity index (χ4v) is 1.35. The Morgan fingerprint density at radius 2 is 2.36 bits per heavy atom. The average Bonchev–Trinajstić information content (AvgIpc) is 1.95. The molecule has 0 aromatic rings. The van der Waals surface area contributed by atoms with Crippen molar-refractivity contribution in [2.24, 2.45) is 16.8 Å². The van der Waals surface area contributed by atoms with Gasteiger partial charge in [-0.25, -0.2) is 0 Å². The molecule has 4 nitrogen and oxygen atoms in total. The Morgan fingerprint density at radius 3 is 2.82 bits per heavy atom. The molecule has 11 heavy (non-hydrogen) atoms. The number of hydrogen-bond acceptors (Lipinski definition) is 3. The first-order valence-electron chi connectivity index (χ1n) is 3.92. The van der Waals surface area contributed by atoms with Crippen LogP contribution in [-0.2, 0) is 0 Å². The lowest BCUT2D eigenvalue weighted by molar-refractivity contribution is 0.248. The van der Waals surface area contributed by atoms with Crippen molar-refractivity contribution in [3.05, 3.63) is 0 Å². The summed E-state index contributed by atoms with van der Waals surface area (Å²) < 4.78 is 0. The smallest absolute Gasteiger partial charge is 0.153 e. The normalized spacial score (nSPS) is 31.5. The van der Waals surface area contributed by atoms with Crippen molar-refractivity contribution in [1.82, 2.24) is 5.32 Å². The van der Waals surface area contributed by atoms with Crippen LogP contribution in [0.4, 0.5) is 0 Å². The number of nitrogens with zero attached hydrogens (tertiary/aromatic N) is 1. The van der Waals surface area contributed by atoms with E-state index < -0.39 is 0 Å². The van der Waals surface area contributed by atoms with E-state index in [-0.39, 0.29) is 5.84 Å². The number of nitrogens with one attached hydrogen (secondary N) is 1. The van der Waals surface area contributed by atoms with E-state index in [1.54, 1.807) is 0 Å². The molecule has 0 atom stereocenters. The molecular weight excluding hydrogens is 142 g/mol. The molecule has 0 heterocycles. The Bertz CT molecular complexity index is 152. The lowest BCUT2D eigenvalue weighted by atomic mass is 9.82. The molecule has 0 aromatic heterocycles. The molecule has 1 aliphatic rings. The van der Waals surface area contributed by atoms with Crippen LogP contribution in [0.5, 0.6) is 0 Å². The Labute approximate surface area is 66.5 Å². The zero-order chi connectivity index (χ0) is 8.27. The maximum atomic E-state index is 8.21. The van der Waals surface area contributed by atoms with E-state index in [4.69, 9.17) is 10.9 Å². The van der Waals surface area contributed by atoms with Crippen LogP contribution in [0.1, 0.15) is 19.8 Å². The van der Waals surface area contributed by atoms with Gasteiger partial charge >= 0.3 is 0 Å². The van der Waals surface area contributed by atoms with Gasteiger partial charge in [0.25, 0.3) is 0 Å². The van der Waals surface area contributed by atoms with Gasteiger partial charge in [-0.15, -0.1) is 0 Å². The van der Waals surface area contributed by atoms with Crippen molar-refractivity contribution in [3.63, 3.8) is 0 Å². The largest absolute Gasteiger partial charge is 0.409 e. The first-order valence-corrected chi connectivity index (χ1v) is 3.92. The van der Waals surface area contributed by atoms with Crippen LogP contribution in [-0.4, -0.2) is 23.6 Å². The minimum absolute atomic E-state index is 0.254. The van der Waals surface area contributed by atoms with Gasteiger partial charge in [-0.2, -0.15) is 0 Å². The summed E-state index contributed by atoms with van der Waals surface area (Å²) >= 11 is 0. The van der Waals surface area contributed by atoms with Crippen molar-refractivity contribution in [2.45, 2.75) is 25.8 Å². The predicted molar refractivity (Wildman–Crippen MR) is 43.6 cm³/mol. The molecule has 1 saturated carbocycles. The molecule has 0 aliphatic heterocycles. The zero-order valence-corrected chi connectivity index (χ0v) is 6.75. The average molecular weight is 157 g/mol. The molecule has 4 N–H and O–H groups in total. The Balaban J connectivity index is 2.05. The second-order valence-corrected chi connectivity index (χ2v) is 3.25. The number of rotatable bonds is 3. The fraction of sp³-hybridized carbons (Fsp3) is 0.857. The molecule has 1 aliphatic carbocycles. The van der Waals surface area contributed by atoms with Gasteiger partial charge in [0, 0.05) is 6.04 Å². The summed E-state index contributed by atoms with van der Waals surface area (Å²) in [6.45, 7) is 2.72. The van der Waals surface area contributed by atoms with Gasteiger partial charge in [0.05, 0.1) is 6.54 Å². The summed E-state index contributed by atoms with van der Waals surface area (Å²) in [6, 6.07) is 0.574. The zero-order valence-electron chi connectivity index (χ0n) is 6.75. The van der Waals surface area contributed by atoms with E-state index in [0.717, 1.165) is 5.92 Å². The maximum Gasteiger partial charge on any atom is 0.153 e. The van der Waals surface area contributed by atoms with Gasteiger partial charge in [-0.3, -0.25) is 0 Å². The molecule has 64 valence electrons. The van der Waals surface area contributed by atoms with Gasteiger partial charge in [0.2, 0.25) is 0 Å². The third kappa shape index (κ3) is 2.38. The molecule has 0 unspecified atom stereocenters. The standard InChI is InChI=1S/C7H15N3O/c1-5-2-6(3-5)9-4-7(8)10-11/h5-6,9,11H,2-4H2,1H3,(H2,8,10). The van der Waals surface area contributed by atoms with Crippen molar-refractivity contribution in [2.75, 3.05) is 6.54 Å². The molecule has 1 fully saturated rings. The van der Waals surface area contributed by atoms with Crippen LogP contribution in [0, 0.1) is 5.92 Å². The van der Waals surface area contributed by atoms with E-state index in [9.17, 15) is 0 Å². The summed E-state index contributed by atoms with van der Waals surface area (Å²) in [6.07, 6.45) is 2.41. The first-order chi connectivity index (χ1) is 5.22. The number of oxime groups is 1. The van der Waals surface area contributed by atoms with Crippen LogP contribution in [0.3, 0.4) is 0 Å². The Morgan fingerprint density at radius 1 is 1.73 bits per heavy atom. The van der Waals surface area contributed by atoms with Gasteiger partial charge < -0.3 is 16.3 Å². The topological polar surface area (TPSA) is 70.6 Å². The predicted octanol–water partition coefficient (Wildman–Crippen LogP) is 0.121. The van der Waals surface area contributed by atoms with Gasteiger partial charge in [0.15, 0.2) is 5.84 Å². The summed E-state index contributed by atoms with van der Waals surface area (Å²) in [5.74, 6) is 1.09.